The second-order valence-electron chi connectivity index (χ2n) is 11.9. The van der Waals surface area contributed by atoms with Crippen molar-refractivity contribution in [2.24, 2.45) is 11.8 Å². The van der Waals surface area contributed by atoms with Gasteiger partial charge < -0.3 is 34.4 Å². The van der Waals surface area contributed by atoms with E-state index in [1.165, 1.54) is 12.0 Å². The van der Waals surface area contributed by atoms with Gasteiger partial charge in [-0.05, 0) is 38.7 Å². The Hall–Kier alpha value is -3.54. The van der Waals surface area contributed by atoms with Gasteiger partial charge >= 0.3 is 5.97 Å². The molecule has 2 N–H and O–H groups in total. The lowest BCUT2D eigenvalue weighted by Gasteiger charge is -2.38. The minimum absolute atomic E-state index is 0.0669. The maximum Gasteiger partial charge on any atom is 0.313 e. The molecule has 1 aromatic rings. The van der Waals surface area contributed by atoms with Crippen LogP contribution in [0.25, 0.3) is 0 Å². The van der Waals surface area contributed by atoms with Gasteiger partial charge in [-0.25, -0.2) is 0 Å². The predicted octanol–water partition coefficient (Wildman–Crippen LogP) is 2.16. The molecule has 3 heterocycles. The summed E-state index contributed by atoms with van der Waals surface area (Å²) >= 11 is 0. The van der Waals surface area contributed by atoms with Gasteiger partial charge in [0.25, 0.3) is 0 Å². The zero-order valence-electron chi connectivity index (χ0n) is 25.9. The fraction of sp³-hybridized carbons (Fsp3) is 0.576. The van der Waals surface area contributed by atoms with E-state index < -0.39 is 53.6 Å². The number of carbonyl (C=O) groups excluding carboxylic acids is 4. The second-order valence-corrected chi connectivity index (χ2v) is 11.9. The molecule has 0 saturated carbocycles. The highest BCUT2D eigenvalue weighted by Crippen LogP contribution is 2.59. The number of hydrogen-bond donors (Lipinski definition) is 2. The van der Waals surface area contributed by atoms with E-state index in [1.54, 1.807) is 29.2 Å². The summed E-state index contributed by atoms with van der Waals surface area (Å²) in [4.78, 5) is 58.0. The Balaban J connectivity index is 1.67. The summed E-state index contributed by atoms with van der Waals surface area (Å²) in [6.07, 6.45) is 3.34. The zero-order valence-corrected chi connectivity index (χ0v) is 25.9. The first-order chi connectivity index (χ1) is 21.1. The molecular formula is C33H45N3O8. The van der Waals surface area contributed by atoms with Crippen molar-refractivity contribution in [2.45, 2.75) is 75.5 Å². The van der Waals surface area contributed by atoms with Gasteiger partial charge in [-0.2, -0.15) is 0 Å². The molecule has 240 valence electrons. The molecule has 4 rings (SSSR count). The number of nitrogens with one attached hydrogen (secondary N) is 1. The van der Waals surface area contributed by atoms with E-state index in [-0.39, 0.29) is 50.6 Å². The Bertz CT molecular complexity index is 1220. The number of ether oxygens (including phenoxy) is 3. The average molecular weight is 612 g/mol. The zero-order chi connectivity index (χ0) is 32.0. The van der Waals surface area contributed by atoms with Gasteiger partial charge in [0, 0.05) is 32.7 Å². The van der Waals surface area contributed by atoms with E-state index in [0.717, 1.165) is 0 Å². The smallest absolute Gasteiger partial charge is 0.313 e. The summed E-state index contributed by atoms with van der Waals surface area (Å²) in [7, 11) is 1.50. The maximum absolute atomic E-state index is 14.2. The minimum Gasteiger partial charge on any atom is -0.455 e. The minimum atomic E-state index is -1.22. The molecule has 0 aliphatic carbocycles. The molecule has 3 saturated heterocycles. The quantitative estimate of drug-likeness (QED) is 0.215. The molecule has 11 heteroatoms. The molecule has 1 aromatic carbocycles. The van der Waals surface area contributed by atoms with Crippen LogP contribution < -0.4 is 5.32 Å². The molecule has 0 unspecified atom stereocenters. The number of esters is 1. The van der Waals surface area contributed by atoms with Crippen molar-refractivity contribution in [3.63, 3.8) is 0 Å². The van der Waals surface area contributed by atoms with Crippen molar-refractivity contribution in [3.8, 4) is 0 Å². The van der Waals surface area contributed by atoms with E-state index in [0.29, 0.717) is 24.8 Å². The summed E-state index contributed by atoms with van der Waals surface area (Å²) in [5.74, 6) is -3.52. The van der Waals surface area contributed by atoms with Crippen LogP contribution in [0.4, 0.5) is 0 Å². The van der Waals surface area contributed by atoms with Gasteiger partial charge in [0.15, 0.2) is 0 Å². The van der Waals surface area contributed by atoms with Crippen LogP contribution in [0, 0.1) is 11.8 Å². The van der Waals surface area contributed by atoms with Gasteiger partial charge in [-0.15, -0.1) is 13.2 Å². The number of methoxy groups -OCH3 is 1. The van der Waals surface area contributed by atoms with Crippen LogP contribution in [-0.4, -0.2) is 102 Å². The van der Waals surface area contributed by atoms with Gasteiger partial charge in [-0.1, -0.05) is 42.5 Å². The molecule has 0 radical (unpaired) electrons. The summed E-state index contributed by atoms with van der Waals surface area (Å²) in [6.45, 7) is 11.1. The third-order valence-electron chi connectivity index (χ3n) is 8.88. The number of fused-ring (bicyclic) bond motifs is 1. The number of benzene rings is 1. The summed E-state index contributed by atoms with van der Waals surface area (Å²) < 4.78 is 18.1. The second kappa shape index (κ2) is 14.5. The van der Waals surface area contributed by atoms with E-state index in [2.05, 4.69) is 18.5 Å². The van der Waals surface area contributed by atoms with Crippen molar-refractivity contribution in [1.82, 2.24) is 15.1 Å². The van der Waals surface area contributed by atoms with Crippen molar-refractivity contribution in [3.05, 3.63) is 61.2 Å². The molecule has 11 nitrogen and oxygen atoms in total. The number of likely N-dealkylation sites (tertiary alicyclic amines) is 1. The van der Waals surface area contributed by atoms with Crippen LogP contribution in [0.5, 0.6) is 0 Å². The van der Waals surface area contributed by atoms with Crippen LogP contribution in [-0.2, 0) is 33.4 Å². The van der Waals surface area contributed by atoms with E-state index in [1.807, 2.05) is 32.0 Å². The number of carbonyl (C=O) groups is 4. The lowest BCUT2D eigenvalue weighted by Crippen LogP contribution is -2.57. The molecule has 2 bridgehead atoms. The number of rotatable bonds is 16. The van der Waals surface area contributed by atoms with Crippen LogP contribution in [0.3, 0.4) is 0 Å². The number of aliphatic hydroxyl groups is 1. The maximum atomic E-state index is 14.2. The first kappa shape index (κ1) is 33.4. The molecule has 3 fully saturated rings. The lowest BCUT2D eigenvalue weighted by molar-refractivity contribution is -0.163. The Morgan fingerprint density at radius 3 is 2.57 bits per heavy atom. The molecule has 7 atom stereocenters. The highest BCUT2D eigenvalue weighted by atomic mass is 16.6. The SMILES string of the molecule is C=CCCC(=O)N[C@@H](COC)[C@@H](OC(=O)[C@@H]1[C@@H]2CC[C@]3(O2)[C@H](C(=O)N(CC=C)C(C)C)N(CCO)C(=O)[C@@H]13)c1ccccc1. The predicted molar refractivity (Wildman–Crippen MR) is 162 cm³/mol. The third-order valence-corrected chi connectivity index (χ3v) is 8.88. The van der Waals surface area contributed by atoms with E-state index >= 15 is 0 Å². The normalized spacial score (nSPS) is 26.7. The first-order valence-corrected chi connectivity index (χ1v) is 15.3. The van der Waals surface area contributed by atoms with Gasteiger partial charge in [0.2, 0.25) is 17.7 Å². The summed E-state index contributed by atoms with van der Waals surface area (Å²) in [5, 5.41) is 12.8. The fourth-order valence-corrected chi connectivity index (χ4v) is 7.03. The largest absolute Gasteiger partial charge is 0.455 e. The number of hydrogen-bond acceptors (Lipinski definition) is 8. The summed E-state index contributed by atoms with van der Waals surface area (Å²) in [6, 6.07) is 7.17. The first-order valence-electron chi connectivity index (χ1n) is 15.3. The van der Waals surface area contributed by atoms with Gasteiger partial charge in [0.1, 0.15) is 17.7 Å². The van der Waals surface area contributed by atoms with Crippen molar-refractivity contribution in [2.75, 3.05) is 33.4 Å². The van der Waals surface area contributed by atoms with Gasteiger partial charge in [0.05, 0.1) is 37.2 Å². The van der Waals surface area contributed by atoms with Crippen LogP contribution in [0.1, 0.15) is 51.2 Å². The van der Waals surface area contributed by atoms with Crippen LogP contribution in [0.15, 0.2) is 55.6 Å². The Kier molecular flexibility index (Phi) is 11.0. The number of allylic oxidation sites excluding steroid dienone is 1. The molecule has 44 heavy (non-hydrogen) atoms. The van der Waals surface area contributed by atoms with Crippen molar-refractivity contribution >= 4 is 23.7 Å². The van der Waals surface area contributed by atoms with E-state index in [4.69, 9.17) is 14.2 Å². The third kappa shape index (κ3) is 6.31. The molecule has 0 aromatic heterocycles. The van der Waals surface area contributed by atoms with Crippen molar-refractivity contribution in [1.29, 1.82) is 0 Å². The van der Waals surface area contributed by atoms with Crippen molar-refractivity contribution < 1.29 is 38.5 Å². The van der Waals surface area contributed by atoms with E-state index in [9.17, 15) is 24.3 Å². The summed E-state index contributed by atoms with van der Waals surface area (Å²) in [5.41, 5.74) is -0.575. The van der Waals surface area contributed by atoms with Crippen LogP contribution >= 0.6 is 0 Å². The topological polar surface area (TPSA) is 135 Å². The number of β-amino-alcohol motifs (C(OH)–C–C–N with tert-alkyl or cyclic N) is 1. The molecule has 1 spiro atoms. The number of amides is 3. The molecule has 3 amide bonds. The Labute approximate surface area is 259 Å². The van der Waals surface area contributed by atoms with Crippen LogP contribution in [0.2, 0.25) is 0 Å². The van der Waals surface area contributed by atoms with Gasteiger partial charge in [-0.3, -0.25) is 19.2 Å². The molecule has 3 aliphatic rings. The Morgan fingerprint density at radius 2 is 1.95 bits per heavy atom. The number of aliphatic hydroxyl groups excluding tert-OH is 1. The highest BCUT2D eigenvalue weighted by Gasteiger charge is 2.75. The highest BCUT2D eigenvalue weighted by molar-refractivity contribution is 5.98. The lowest BCUT2D eigenvalue weighted by atomic mass is 9.70. The number of nitrogens with zero attached hydrogens (tertiary/aromatic N) is 2. The Morgan fingerprint density at radius 1 is 1.23 bits per heavy atom. The fourth-order valence-electron chi connectivity index (χ4n) is 7.03. The average Bonchev–Trinajstić information content (AvgIpc) is 3.65. The monoisotopic (exact) mass is 611 g/mol. The molecule has 3 aliphatic heterocycles. The standard InChI is InChI=1S/C33H45N3O8/c1-6-8-14-25(38)34-23(20-42-5)28(22-12-10-9-11-13-22)43-32(41)26-24-15-16-33(44-24)27(26)30(39)36(18-19-37)29(33)31(40)35(17-7-2)21(3)4/h6-7,9-13,21,23-24,26-29,37H,1-2,8,14-20H2,3-5H3,(H,34,38)/t23-,24-,26+,27+,28-,29-,33+/m0/s1. The molecular weight excluding hydrogens is 566 g/mol.